The van der Waals surface area contributed by atoms with Gasteiger partial charge in [0.2, 0.25) is 10.0 Å². The number of nitrogens with two attached hydrogens (primary N) is 1. The van der Waals surface area contributed by atoms with Gasteiger partial charge in [0.1, 0.15) is 4.90 Å². The molecule has 1 rings (SSSR count). The third-order valence-electron chi connectivity index (χ3n) is 2.41. The van der Waals surface area contributed by atoms with E-state index in [1.54, 1.807) is 6.07 Å². The number of anilines is 1. The van der Waals surface area contributed by atoms with E-state index >= 15 is 0 Å². The molecule has 0 aliphatic rings. The van der Waals surface area contributed by atoms with Crippen molar-refractivity contribution < 1.29 is 16.8 Å². The number of benzene rings is 1. The molecule has 0 fully saturated rings. The first-order valence-electron chi connectivity index (χ1n) is 5.43. The van der Waals surface area contributed by atoms with Crippen LogP contribution in [0.3, 0.4) is 0 Å². The Morgan fingerprint density at radius 3 is 2.42 bits per heavy atom. The molecule has 0 radical (unpaired) electrons. The van der Waals surface area contributed by atoms with Gasteiger partial charge in [-0.05, 0) is 18.2 Å². The number of halogens is 1. The van der Waals surface area contributed by atoms with Crippen molar-refractivity contribution >= 4 is 41.5 Å². The monoisotopic (exact) mass is 370 g/mol. The fourth-order valence-corrected chi connectivity index (χ4v) is 3.67. The molecule has 0 bridgehead atoms. The van der Waals surface area contributed by atoms with Crippen LogP contribution in [0.4, 0.5) is 5.69 Å². The first kappa shape index (κ1) is 16.4. The van der Waals surface area contributed by atoms with Crippen molar-refractivity contribution in [2.45, 2.75) is 11.8 Å². The van der Waals surface area contributed by atoms with Crippen LogP contribution < -0.4 is 10.5 Å². The molecular weight excluding hydrogens is 356 g/mol. The number of rotatable bonds is 6. The molecular formula is C10H15BrN2O4S2. The van der Waals surface area contributed by atoms with E-state index < -0.39 is 19.9 Å². The highest BCUT2D eigenvalue weighted by Gasteiger charge is 2.18. The Morgan fingerprint density at radius 1 is 1.26 bits per heavy atom. The van der Waals surface area contributed by atoms with Crippen LogP contribution in [0.15, 0.2) is 27.6 Å². The van der Waals surface area contributed by atoms with Gasteiger partial charge in [-0.15, -0.1) is 0 Å². The van der Waals surface area contributed by atoms with E-state index in [4.69, 9.17) is 5.73 Å². The van der Waals surface area contributed by atoms with Crippen molar-refractivity contribution in [2.24, 2.45) is 0 Å². The Kier molecular flexibility index (Phi) is 5.36. The van der Waals surface area contributed by atoms with Gasteiger partial charge in [-0.1, -0.05) is 22.9 Å². The fourth-order valence-electron chi connectivity index (χ4n) is 1.32. The third kappa shape index (κ3) is 4.75. The zero-order chi connectivity index (χ0) is 14.7. The maximum absolute atomic E-state index is 11.9. The van der Waals surface area contributed by atoms with Crippen LogP contribution in [0.2, 0.25) is 0 Å². The molecule has 0 aliphatic heterocycles. The van der Waals surface area contributed by atoms with Crippen molar-refractivity contribution in [3.63, 3.8) is 0 Å². The molecule has 9 heteroatoms. The Hall–Kier alpha value is -0.640. The summed E-state index contributed by atoms with van der Waals surface area (Å²) in [6.07, 6.45) is 0. The quantitative estimate of drug-likeness (QED) is 0.718. The SMILES string of the molecule is CCS(=O)(=O)CCNS(=O)(=O)c1ccc(Br)cc1N. The molecule has 0 aromatic heterocycles. The van der Waals surface area contributed by atoms with E-state index in [2.05, 4.69) is 20.7 Å². The maximum atomic E-state index is 11.9. The van der Waals surface area contributed by atoms with Crippen LogP contribution in [0.25, 0.3) is 0 Å². The molecule has 1 aromatic carbocycles. The van der Waals surface area contributed by atoms with Gasteiger partial charge in [-0.25, -0.2) is 21.6 Å². The average molecular weight is 371 g/mol. The van der Waals surface area contributed by atoms with Crippen molar-refractivity contribution in [3.05, 3.63) is 22.7 Å². The number of nitrogens with one attached hydrogen (secondary N) is 1. The van der Waals surface area contributed by atoms with Gasteiger partial charge in [-0.3, -0.25) is 0 Å². The van der Waals surface area contributed by atoms with E-state index in [1.165, 1.54) is 19.1 Å². The maximum Gasteiger partial charge on any atom is 0.242 e. The summed E-state index contributed by atoms with van der Waals surface area (Å²) in [4.78, 5) is -0.0652. The lowest BCUT2D eigenvalue weighted by atomic mass is 10.3. The summed E-state index contributed by atoms with van der Waals surface area (Å²) in [5.41, 5.74) is 5.72. The molecule has 19 heavy (non-hydrogen) atoms. The number of hydrogen-bond acceptors (Lipinski definition) is 5. The highest BCUT2D eigenvalue weighted by atomic mass is 79.9. The molecule has 0 unspecified atom stereocenters. The van der Waals surface area contributed by atoms with Gasteiger partial charge < -0.3 is 5.73 Å². The van der Waals surface area contributed by atoms with Crippen molar-refractivity contribution in [2.75, 3.05) is 23.8 Å². The Bertz CT molecular complexity index is 656. The predicted molar refractivity (Wildman–Crippen MR) is 78.1 cm³/mol. The van der Waals surface area contributed by atoms with Gasteiger partial charge >= 0.3 is 0 Å². The van der Waals surface area contributed by atoms with Crippen LogP contribution in [-0.4, -0.2) is 34.9 Å². The zero-order valence-corrected chi connectivity index (χ0v) is 13.5. The van der Waals surface area contributed by atoms with Gasteiger partial charge in [0, 0.05) is 16.8 Å². The Labute approximate surface area is 121 Å². The third-order valence-corrected chi connectivity index (χ3v) is 6.14. The fraction of sp³-hybridized carbons (Fsp3) is 0.400. The van der Waals surface area contributed by atoms with Crippen LogP contribution in [-0.2, 0) is 19.9 Å². The highest BCUT2D eigenvalue weighted by Crippen LogP contribution is 2.22. The highest BCUT2D eigenvalue weighted by molar-refractivity contribution is 9.10. The summed E-state index contributed by atoms with van der Waals surface area (Å²) >= 11 is 3.18. The molecule has 0 heterocycles. The van der Waals surface area contributed by atoms with E-state index in [9.17, 15) is 16.8 Å². The standard InChI is InChI=1S/C10H15BrN2O4S2/c1-2-18(14,15)6-5-13-19(16,17)10-4-3-8(11)7-9(10)12/h3-4,7,13H,2,5-6,12H2,1H3. The summed E-state index contributed by atoms with van der Waals surface area (Å²) < 4.78 is 49.3. The minimum absolute atomic E-state index is 0.0187. The van der Waals surface area contributed by atoms with Crippen molar-refractivity contribution in [1.29, 1.82) is 0 Å². The topological polar surface area (TPSA) is 106 Å². The summed E-state index contributed by atoms with van der Waals surface area (Å²) in [7, 11) is -7.01. The van der Waals surface area contributed by atoms with Crippen LogP contribution in [0.1, 0.15) is 6.92 Å². The van der Waals surface area contributed by atoms with Gasteiger partial charge in [0.05, 0.1) is 11.4 Å². The summed E-state index contributed by atoms with van der Waals surface area (Å²) in [6, 6.07) is 4.38. The molecule has 0 saturated carbocycles. The molecule has 1 aromatic rings. The minimum atomic E-state index is -3.80. The lowest BCUT2D eigenvalue weighted by molar-refractivity contribution is 0.581. The van der Waals surface area contributed by atoms with Gasteiger partial charge in [-0.2, -0.15) is 0 Å². The van der Waals surface area contributed by atoms with Crippen LogP contribution in [0.5, 0.6) is 0 Å². The van der Waals surface area contributed by atoms with Crippen molar-refractivity contribution in [3.8, 4) is 0 Å². The zero-order valence-electron chi connectivity index (χ0n) is 10.3. The van der Waals surface area contributed by atoms with E-state index in [0.717, 1.165) is 0 Å². The van der Waals surface area contributed by atoms with Crippen LogP contribution in [0, 0.1) is 0 Å². The minimum Gasteiger partial charge on any atom is -0.398 e. The molecule has 6 nitrogen and oxygen atoms in total. The predicted octanol–water partition coefficient (Wildman–Crippen LogP) is 0.744. The number of sulfone groups is 1. The second kappa shape index (κ2) is 6.21. The smallest absolute Gasteiger partial charge is 0.242 e. The van der Waals surface area contributed by atoms with Gasteiger partial charge in [0.15, 0.2) is 9.84 Å². The molecule has 0 saturated heterocycles. The molecule has 0 atom stereocenters. The lowest BCUT2D eigenvalue weighted by Crippen LogP contribution is -2.30. The molecule has 0 spiro atoms. The second-order valence-electron chi connectivity index (χ2n) is 3.82. The Morgan fingerprint density at radius 2 is 1.89 bits per heavy atom. The second-order valence-corrected chi connectivity index (χ2v) is 8.94. The molecule has 108 valence electrons. The molecule has 0 aliphatic carbocycles. The average Bonchev–Trinajstić information content (AvgIpc) is 2.27. The first-order valence-corrected chi connectivity index (χ1v) is 9.53. The number of hydrogen-bond donors (Lipinski definition) is 2. The van der Waals surface area contributed by atoms with Crippen molar-refractivity contribution in [1.82, 2.24) is 4.72 Å². The molecule has 3 N–H and O–H groups in total. The van der Waals surface area contributed by atoms with E-state index in [0.29, 0.717) is 4.47 Å². The summed E-state index contributed by atoms with van der Waals surface area (Å²) in [5.74, 6) is -0.256. The Balaban J connectivity index is 2.82. The largest absolute Gasteiger partial charge is 0.398 e. The first-order chi connectivity index (χ1) is 8.68. The molecule has 0 amide bonds. The summed E-state index contributed by atoms with van der Waals surface area (Å²) in [5, 5.41) is 0. The van der Waals surface area contributed by atoms with Gasteiger partial charge in [0.25, 0.3) is 0 Å². The van der Waals surface area contributed by atoms with E-state index in [-0.39, 0.29) is 28.6 Å². The summed E-state index contributed by atoms with van der Waals surface area (Å²) in [6.45, 7) is 1.34. The number of sulfonamides is 1. The number of nitrogen functional groups attached to an aromatic ring is 1. The lowest BCUT2D eigenvalue weighted by Gasteiger charge is -2.09. The van der Waals surface area contributed by atoms with E-state index in [1.807, 2.05) is 0 Å². The van der Waals surface area contributed by atoms with Crippen LogP contribution >= 0.6 is 15.9 Å². The normalized spacial score (nSPS) is 12.5.